The zero-order valence-electron chi connectivity index (χ0n) is 12.3. The molecule has 6 heteroatoms. The van der Waals surface area contributed by atoms with Crippen LogP contribution in [0.1, 0.15) is 17.2 Å². The monoisotopic (exact) mass is 292 g/mol. The first kappa shape index (κ1) is 14.9. The molecule has 2 aromatic rings. The van der Waals surface area contributed by atoms with Gasteiger partial charge in [0, 0.05) is 24.4 Å². The van der Waals surface area contributed by atoms with Crippen molar-refractivity contribution in [3.63, 3.8) is 0 Å². The molecule has 0 saturated carbocycles. The Labute approximate surface area is 123 Å². The molecule has 0 spiro atoms. The Morgan fingerprint density at radius 1 is 1.45 bits per heavy atom. The van der Waals surface area contributed by atoms with Crippen molar-refractivity contribution in [3.8, 4) is 5.75 Å². The van der Waals surface area contributed by atoms with Gasteiger partial charge in [0.1, 0.15) is 12.1 Å². The van der Waals surface area contributed by atoms with Crippen molar-refractivity contribution < 1.29 is 4.74 Å². The standard InChI is InChI=1S/C14H20N4OS/c1-10-5-6-13(19-4)11(7-10)12(15-2)8-20-14-16-9-17-18(14)3/h5-7,9,12,15H,8H2,1-4H3. The molecule has 1 atom stereocenters. The molecule has 20 heavy (non-hydrogen) atoms. The topological polar surface area (TPSA) is 52.0 Å². The summed E-state index contributed by atoms with van der Waals surface area (Å²) in [6, 6.07) is 6.44. The molecule has 0 aliphatic rings. The minimum absolute atomic E-state index is 0.201. The Morgan fingerprint density at radius 2 is 2.25 bits per heavy atom. The van der Waals surface area contributed by atoms with Crippen LogP contribution in [0.4, 0.5) is 0 Å². The summed E-state index contributed by atoms with van der Waals surface area (Å²) in [5, 5.41) is 8.34. The van der Waals surface area contributed by atoms with Crippen molar-refractivity contribution in [1.82, 2.24) is 20.1 Å². The zero-order valence-corrected chi connectivity index (χ0v) is 13.1. The molecule has 1 unspecified atom stereocenters. The van der Waals surface area contributed by atoms with E-state index in [1.165, 1.54) is 11.1 Å². The molecule has 0 fully saturated rings. The number of nitrogens with one attached hydrogen (secondary N) is 1. The highest BCUT2D eigenvalue weighted by atomic mass is 32.2. The number of thioether (sulfide) groups is 1. The molecular weight excluding hydrogens is 272 g/mol. The third-order valence-electron chi connectivity index (χ3n) is 3.16. The number of aromatic nitrogens is 3. The predicted octanol–water partition coefficient (Wildman–Crippen LogP) is 2.18. The fourth-order valence-corrected chi connectivity index (χ4v) is 3.05. The summed E-state index contributed by atoms with van der Waals surface area (Å²) < 4.78 is 7.24. The molecule has 5 nitrogen and oxygen atoms in total. The lowest BCUT2D eigenvalue weighted by Gasteiger charge is -2.19. The molecule has 1 heterocycles. The van der Waals surface area contributed by atoms with Gasteiger partial charge in [0.2, 0.25) is 0 Å². The van der Waals surface area contributed by atoms with E-state index in [9.17, 15) is 0 Å². The van der Waals surface area contributed by atoms with Crippen LogP contribution in [0.5, 0.6) is 5.75 Å². The van der Waals surface area contributed by atoms with E-state index in [0.717, 1.165) is 16.7 Å². The molecule has 0 saturated heterocycles. The Hall–Kier alpha value is -1.53. The fourth-order valence-electron chi connectivity index (χ4n) is 2.03. The third-order valence-corrected chi connectivity index (χ3v) is 4.29. The van der Waals surface area contributed by atoms with E-state index >= 15 is 0 Å². The minimum atomic E-state index is 0.201. The molecule has 0 radical (unpaired) electrons. The Balaban J connectivity index is 2.16. The van der Waals surface area contributed by atoms with Crippen molar-refractivity contribution in [1.29, 1.82) is 0 Å². The van der Waals surface area contributed by atoms with Gasteiger partial charge < -0.3 is 10.1 Å². The van der Waals surface area contributed by atoms with E-state index in [0.29, 0.717) is 0 Å². The number of methoxy groups -OCH3 is 1. The minimum Gasteiger partial charge on any atom is -0.496 e. The maximum Gasteiger partial charge on any atom is 0.185 e. The summed E-state index contributed by atoms with van der Waals surface area (Å²) in [4.78, 5) is 4.23. The summed E-state index contributed by atoms with van der Waals surface area (Å²) in [6.45, 7) is 2.09. The molecule has 2 rings (SSSR count). The van der Waals surface area contributed by atoms with E-state index in [1.807, 2.05) is 20.2 Å². The fraction of sp³-hybridized carbons (Fsp3) is 0.429. The molecule has 108 valence electrons. The third kappa shape index (κ3) is 3.32. The van der Waals surface area contributed by atoms with Crippen LogP contribution in [0.25, 0.3) is 0 Å². The molecule has 0 aliphatic heterocycles. The van der Waals surface area contributed by atoms with Crippen molar-refractivity contribution in [2.45, 2.75) is 18.1 Å². The second kappa shape index (κ2) is 6.76. The van der Waals surface area contributed by atoms with Crippen molar-refractivity contribution in [2.75, 3.05) is 19.9 Å². The number of aryl methyl sites for hydroxylation is 2. The molecule has 1 N–H and O–H groups in total. The van der Waals surface area contributed by atoms with Gasteiger partial charge >= 0.3 is 0 Å². The maximum absolute atomic E-state index is 5.46. The summed E-state index contributed by atoms with van der Waals surface area (Å²) in [6.07, 6.45) is 1.57. The second-order valence-electron chi connectivity index (χ2n) is 4.56. The second-order valence-corrected chi connectivity index (χ2v) is 5.55. The lowest BCUT2D eigenvalue weighted by atomic mass is 10.0. The average molecular weight is 292 g/mol. The summed E-state index contributed by atoms with van der Waals surface area (Å²) >= 11 is 1.68. The van der Waals surface area contributed by atoms with Crippen LogP contribution in [-0.4, -0.2) is 34.7 Å². The van der Waals surface area contributed by atoms with E-state index in [-0.39, 0.29) is 6.04 Å². The Kier molecular flexibility index (Phi) is 5.03. The van der Waals surface area contributed by atoms with Crippen LogP contribution in [-0.2, 0) is 7.05 Å². The Morgan fingerprint density at radius 3 is 2.85 bits per heavy atom. The summed E-state index contributed by atoms with van der Waals surface area (Å²) in [5.41, 5.74) is 2.40. The van der Waals surface area contributed by atoms with Gasteiger partial charge in [0.25, 0.3) is 0 Å². The van der Waals surface area contributed by atoms with Crippen molar-refractivity contribution in [2.24, 2.45) is 7.05 Å². The average Bonchev–Trinajstić information content (AvgIpc) is 2.85. The largest absolute Gasteiger partial charge is 0.496 e. The molecule has 1 aromatic carbocycles. The van der Waals surface area contributed by atoms with E-state index in [1.54, 1.807) is 29.9 Å². The molecule has 0 aliphatic carbocycles. The van der Waals surface area contributed by atoms with E-state index in [4.69, 9.17) is 4.74 Å². The van der Waals surface area contributed by atoms with Crippen LogP contribution in [0.2, 0.25) is 0 Å². The summed E-state index contributed by atoms with van der Waals surface area (Å²) in [5.74, 6) is 1.77. The number of hydrogen-bond acceptors (Lipinski definition) is 5. The molecule has 1 aromatic heterocycles. The first-order chi connectivity index (χ1) is 9.65. The van der Waals surface area contributed by atoms with Gasteiger partial charge in [-0.25, -0.2) is 9.67 Å². The van der Waals surface area contributed by atoms with Crippen molar-refractivity contribution >= 4 is 11.8 Å². The van der Waals surface area contributed by atoms with Gasteiger partial charge in [-0.05, 0) is 20.0 Å². The number of nitrogens with zero attached hydrogens (tertiary/aromatic N) is 3. The number of hydrogen-bond donors (Lipinski definition) is 1. The van der Waals surface area contributed by atoms with Gasteiger partial charge in [0.15, 0.2) is 5.16 Å². The first-order valence-corrected chi connectivity index (χ1v) is 7.43. The van der Waals surface area contributed by atoms with Crippen LogP contribution in [0, 0.1) is 6.92 Å². The number of rotatable bonds is 6. The molecule has 0 amide bonds. The SMILES string of the molecule is CNC(CSc1ncnn1C)c1cc(C)ccc1OC. The highest BCUT2D eigenvalue weighted by molar-refractivity contribution is 7.99. The van der Waals surface area contributed by atoms with Crippen molar-refractivity contribution in [3.05, 3.63) is 35.7 Å². The predicted molar refractivity (Wildman–Crippen MR) is 81.3 cm³/mol. The van der Waals surface area contributed by atoms with Crippen LogP contribution >= 0.6 is 11.8 Å². The first-order valence-electron chi connectivity index (χ1n) is 6.44. The van der Waals surface area contributed by atoms with Gasteiger partial charge in [-0.3, -0.25) is 0 Å². The lowest BCUT2D eigenvalue weighted by Crippen LogP contribution is -2.20. The number of benzene rings is 1. The molecular formula is C14H20N4OS. The van der Waals surface area contributed by atoms with E-state index < -0.39 is 0 Å². The van der Waals surface area contributed by atoms with Gasteiger partial charge in [-0.2, -0.15) is 5.10 Å². The van der Waals surface area contributed by atoms with E-state index in [2.05, 4.69) is 34.5 Å². The quantitative estimate of drug-likeness (QED) is 0.827. The maximum atomic E-state index is 5.46. The van der Waals surface area contributed by atoms with Gasteiger partial charge in [-0.1, -0.05) is 29.5 Å². The van der Waals surface area contributed by atoms with Crippen LogP contribution < -0.4 is 10.1 Å². The lowest BCUT2D eigenvalue weighted by molar-refractivity contribution is 0.404. The highest BCUT2D eigenvalue weighted by Crippen LogP contribution is 2.30. The summed E-state index contributed by atoms with van der Waals surface area (Å²) in [7, 11) is 5.57. The molecule has 0 bridgehead atoms. The van der Waals surface area contributed by atoms with Gasteiger partial charge in [-0.15, -0.1) is 0 Å². The normalized spacial score (nSPS) is 12.4. The Bertz CT molecular complexity index is 570. The van der Waals surface area contributed by atoms with Crippen LogP contribution in [0.15, 0.2) is 29.7 Å². The smallest absolute Gasteiger partial charge is 0.185 e. The van der Waals surface area contributed by atoms with Gasteiger partial charge in [0.05, 0.1) is 7.11 Å². The van der Waals surface area contributed by atoms with Crippen LogP contribution in [0.3, 0.4) is 0 Å². The number of ether oxygens (including phenoxy) is 1. The zero-order chi connectivity index (χ0) is 14.5. The highest BCUT2D eigenvalue weighted by Gasteiger charge is 2.16.